The van der Waals surface area contributed by atoms with Gasteiger partial charge in [0.1, 0.15) is 11.4 Å². The highest BCUT2D eigenvalue weighted by atomic mass is 16.5. The van der Waals surface area contributed by atoms with E-state index in [1.165, 1.54) is 11.1 Å². The van der Waals surface area contributed by atoms with E-state index in [-0.39, 0.29) is 5.60 Å². The van der Waals surface area contributed by atoms with Crippen LogP contribution in [0, 0.1) is 0 Å². The molecular formula is C16H23NO2. The number of fused-ring (bicyclic) bond motifs is 1. The molecule has 2 aliphatic heterocycles. The minimum absolute atomic E-state index is 0.0534. The summed E-state index contributed by atoms with van der Waals surface area (Å²) in [5.74, 6) is 1.05. The van der Waals surface area contributed by atoms with E-state index in [2.05, 4.69) is 44.3 Å². The Bertz CT molecular complexity index is 470. The smallest absolute Gasteiger partial charge is 0.123 e. The van der Waals surface area contributed by atoms with Gasteiger partial charge in [0.25, 0.3) is 0 Å². The fourth-order valence-electron chi connectivity index (χ4n) is 3.02. The SMILES string of the molecule is CC1OCCC1NCc1ccc2c(c1)CC(C)(C)O2. The number of hydrogen-bond donors (Lipinski definition) is 1. The second kappa shape index (κ2) is 4.80. The molecule has 3 nitrogen and oxygen atoms in total. The maximum atomic E-state index is 5.90. The molecule has 0 saturated carbocycles. The molecule has 2 heterocycles. The van der Waals surface area contributed by atoms with Gasteiger partial charge in [0, 0.05) is 25.6 Å². The van der Waals surface area contributed by atoms with Crippen LogP contribution in [0.15, 0.2) is 18.2 Å². The van der Waals surface area contributed by atoms with Crippen LogP contribution in [0.2, 0.25) is 0 Å². The Morgan fingerprint density at radius 3 is 2.95 bits per heavy atom. The summed E-state index contributed by atoms with van der Waals surface area (Å²) in [5, 5.41) is 3.59. The molecule has 2 aliphatic rings. The molecule has 0 amide bonds. The molecule has 19 heavy (non-hydrogen) atoms. The van der Waals surface area contributed by atoms with Crippen LogP contribution in [0.1, 0.15) is 38.3 Å². The zero-order valence-corrected chi connectivity index (χ0v) is 12.0. The van der Waals surface area contributed by atoms with Crippen molar-refractivity contribution in [2.75, 3.05) is 6.61 Å². The van der Waals surface area contributed by atoms with Crippen LogP contribution in [0.3, 0.4) is 0 Å². The van der Waals surface area contributed by atoms with Crippen molar-refractivity contribution in [1.82, 2.24) is 5.32 Å². The Hall–Kier alpha value is -1.06. The van der Waals surface area contributed by atoms with E-state index in [0.717, 1.165) is 31.7 Å². The van der Waals surface area contributed by atoms with Crippen molar-refractivity contribution in [3.63, 3.8) is 0 Å². The van der Waals surface area contributed by atoms with Gasteiger partial charge in [-0.25, -0.2) is 0 Å². The second-order valence-corrected chi connectivity index (χ2v) is 6.33. The normalized spacial score (nSPS) is 28.2. The molecule has 1 fully saturated rings. The van der Waals surface area contributed by atoms with Gasteiger partial charge in [-0.05, 0) is 44.4 Å². The van der Waals surface area contributed by atoms with Crippen molar-refractivity contribution in [3.8, 4) is 5.75 Å². The fourth-order valence-corrected chi connectivity index (χ4v) is 3.02. The van der Waals surface area contributed by atoms with Crippen molar-refractivity contribution in [2.45, 2.75) is 57.9 Å². The molecule has 3 rings (SSSR count). The van der Waals surface area contributed by atoms with Crippen molar-refractivity contribution in [2.24, 2.45) is 0 Å². The molecule has 0 bridgehead atoms. The summed E-state index contributed by atoms with van der Waals surface area (Å²) >= 11 is 0. The lowest BCUT2D eigenvalue weighted by Gasteiger charge is -2.16. The molecule has 1 aromatic rings. The summed E-state index contributed by atoms with van der Waals surface area (Å²) in [6.45, 7) is 8.21. The van der Waals surface area contributed by atoms with Gasteiger partial charge < -0.3 is 14.8 Å². The van der Waals surface area contributed by atoms with E-state index < -0.39 is 0 Å². The third-order valence-corrected chi connectivity index (χ3v) is 4.07. The first-order chi connectivity index (χ1) is 9.03. The average Bonchev–Trinajstić information content (AvgIpc) is 2.87. The van der Waals surface area contributed by atoms with E-state index >= 15 is 0 Å². The van der Waals surface area contributed by atoms with Crippen LogP contribution in [0.25, 0.3) is 0 Å². The Morgan fingerprint density at radius 2 is 2.21 bits per heavy atom. The van der Waals surface area contributed by atoms with E-state index in [1.807, 2.05) is 0 Å². The van der Waals surface area contributed by atoms with Crippen LogP contribution in [-0.4, -0.2) is 24.4 Å². The highest BCUT2D eigenvalue weighted by Crippen LogP contribution is 2.35. The topological polar surface area (TPSA) is 30.5 Å². The van der Waals surface area contributed by atoms with E-state index in [4.69, 9.17) is 9.47 Å². The lowest BCUT2D eigenvalue weighted by atomic mass is 10.00. The minimum atomic E-state index is -0.0534. The Balaban J connectivity index is 1.64. The van der Waals surface area contributed by atoms with E-state index in [9.17, 15) is 0 Å². The Morgan fingerprint density at radius 1 is 1.37 bits per heavy atom. The summed E-state index contributed by atoms with van der Waals surface area (Å²) in [7, 11) is 0. The lowest BCUT2D eigenvalue weighted by molar-refractivity contribution is 0.113. The summed E-state index contributed by atoms with van der Waals surface area (Å²) in [5.41, 5.74) is 2.61. The molecule has 2 unspecified atom stereocenters. The summed E-state index contributed by atoms with van der Waals surface area (Å²) in [6, 6.07) is 7.03. The van der Waals surface area contributed by atoms with Crippen LogP contribution in [-0.2, 0) is 17.7 Å². The average molecular weight is 261 g/mol. The molecule has 1 aromatic carbocycles. The summed E-state index contributed by atoms with van der Waals surface area (Å²) in [4.78, 5) is 0. The van der Waals surface area contributed by atoms with Crippen LogP contribution in [0.5, 0.6) is 5.75 Å². The van der Waals surface area contributed by atoms with Gasteiger partial charge in [0.2, 0.25) is 0 Å². The molecule has 0 aliphatic carbocycles. The standard InChI is InChI=1S/C16H23NO2/c1-11-14(6-7-18-11)17-10-12-4-5-15-13(8-12)9-16(2,3)19-15/h4-5,8,11,14,17H,6-7,9-10H2,1-3H3. The maximum absolute atomic E-state index is 5.90. The van der Waals surface area contributed by atoms with Gasteiger partial charge in [0.05, 0.1) is 6.10 Å². The zero-order valence-electron chi connectivity index (χ0n) is 12.0. The monoisotopic (exact) mass is 261 g/mol. The second-order valence-electron chi connectivity index (χ2n) is 6.33. The van der Waals surface area contributed by atoms with Crippen molar-refractivity contribution in [3.05, 3.63) is 29.3 Å². The Labute approximate surface area is 115 Å². The number of rotatable bonds is 3. The Kier molecular flexibility index (Phi) is 3.27. The summed E-state index contributed by atoms with van der Waals surface area (Å²) < 4.78 is 11.5. The summed E-state index contributed by atoms with van der Waals surface area (Å²) in [6.07, 6.45) is 2.44. The first kappa shape index (κ1) is 12.9. The van der Waals surface area contributed by atoms with Gasteiger partial charge in [-0.2, -0.15) is 0 Å². The third-order valence-electron chi connectivity index (χ3n) is 4.07. The predicted octanol–water partition coefficient (Wildman–Crippen LogP) is 2.67. The van der Waals surface area contributed by atoms with Crippen LogP contribution in [0.4, 0.5) is 0 Å². The molecule has 1 N–H and O–H groups in total. The van der Waals surface area contributed by atoms with Gasteiger partial charge in [0.15, 0.2) is 0 Å². The van der Waals surface area contributed by atoms with Crippen molar-refractivity contribution >= 4 is 0 Å². The third kappa shape index (κ3) is 2.77. The first-order valence-corrected chi connectivity index (χ1v) is 7.19. The number of hydrogen-bond acceptors (Lipinski definition) is 3. The predicted molar refractivity (Wildman–Crippen MR) is 75.5 cm³/mol. The van der Waals surface area contributed by atoms with E-state index in [0.29, 0.717) is 12.1 Å². The molecule has 0 aromatic heterocycles. The molecule has 0 spiro atoms. The van der Waals surface area contributed by atoms with Gasteiger partial charge in [-0.3, -0.25) is 0 Å². The number of nitrogens with one attached hydrogen (secondary N) is 1. The minimum Gasteiger partial charge on any atom is -0.487 e. The molecule has 1 saturated heterocycles. The van der Waals surface area contributed by atoms with Gasteiger partial charge in [-0.15, -0.1) is 0 Å². The number of benzene rings is 1. The zero-order chi connectivity index (χ0) is 13.5. The molecule has 104 valence electrons. The van der Waals surface area contributed by atoms with Gasteiger partial charge >= 0.3 is 0 Å². The lowest BCUT2D eigenvalue weighted by Crippen LogP contribution is -2.34. The molecular weight excluding hydrogens is 238 g/mol. The highest BCUT2D eigenvalue weighted by molar-refractivity contribution is 5.41. The molecule has 0 radical (unpaired) electrons. The van der Waals surface area contributed by atoms with Crippen molar-refractivity contribution < 1.29 is 9.47 Å². The van der Waals surface area contributed by atoms with E-state index in [1.54, 1.807) is 0 Å². The largest absolute Gasteiger partial charge is 0.487 e. The molecule has 3 heteroatoms. The first-order valence-electron chi connectivity index (χ1n) is 7.19. The fraction of sp³-hybridized carbons (Fsp3) is 0.625. The highest BCUT2D eigenvalue weighted by Gasteiger charge is 2.30. The number of ether oxygens (including phenoxy) is 2. The quantitative estimate of drug-likeness (QED) is 0.907. The van der Waals surface area contributed by atoms with Gasteiger partial charge in [-0.1, -0.05) is 12.1 Å². The molecule has 2 atom stereocenters. The maximum Gasteiger partial charge on any atom is 0.123 e. The van der Waals surface area contributed by atoms with Crippen LogP contribution >= 0.6 is 0 Å². The van der Waals surface area contributed by atoms with Crippen molar-refractivity contribution in [1.29, 1.82) is 0 Å². The van der Waals surface area contributed by atoms with Crippen LogP contribution < -0.4 is 10.1 Å².